The highest BCUT2D eigenvalue weighted by atomic mass is 35.5. The first-order valence-corrected chi connectivity index (χ1v) is 13.6. The molecule has 8 heteroatoms. The van der Waals surface area contributed by atoms with Crippen molar-refractivity contribution in [1.29, 1.82) is 0 Å². The zero-order valence-electron chi connectivity index (χ0n) is 21.1. The predicted octanol–water partition coefficient (Wildman–Crippen LogP) is 5.88. The molecule has 36 heavy (non-hydrogen) atoms. The van der Waals surface area contributed by atoms with E-state index in [0.29, 0.717) is 22.7 Å². The Kier molecular flexibility index (Phi) is 7.08. The van der Waals surface area contributed by atoms with Crippen molar-refractivity contribution < 1.29 is 17.9 Å². The standard InChI is InChI=1S/C28H31ClN2O4S/c1-18-6-11-22(12-7-18)36(33,34)31(25-15-21(29)10-9-20(25)3)17-27(32)30-24-16-28(4,5)35-26-13-8-19(2)14-23(24)26/h6-15,24H,16-17H2,1-5H3,(H,30,32). The van der Waals surface area contributed by atoms with E-state index in [1.165, 1.54) is 0 Å². The van der Waals surface area contributed by atoms with Gasteiger partial charge in [-0.15, -0.1) is 0 Å². The molecule has 0 radical (unpaired) electrons. The van der Waals surface area contributed by atoms with Crippen LogP contribution in [-0.2, 0) is 14.8 Å². The fourth-order valence-corrected chi connectivity index (χ4v) is 6.11. The summed E-state index contributed by atoms with van der Waals surface area (Å²) in [6.45, 7) is 9.21. The highest BCUT2D eigenvalue weighted by Gasteiger charge is 2.36. The van der Waals surface area contributed by atoms with E-state index in [1.54, 1.807) is 49.4 Å². The second-order valence-corrected chi connectivity index (χ2v) is 12.3. The molecule has 0 spiro atoms. The number of aryl methyl sites for hydroxylation is 3. The lowest BCUT2D eigenvalue weighted by atomic mass is 9.89. The zero-order chi connectivity index (χ0) is 26.3. The topological polar surface area (TPSA) is 75.7 Å². The number of carbonyl (C=O) groups excluding carboxylic acids is 1. The van der Waals surface area contributed by atoms with Crippen LogP contribution in [0.1, 0.15) is 48.6 Å². The first kappa shape index (κ1) is 26.0. The largest absolute Gasteiger partial charge is 0.487 e. The maximum Gasteiger partial charge on any atom is 0.264 e. The zero-order valence-corrected chi connectivity index (χ0v) is 22.7. The van der Waals surface area contributed by atoms with Crippen LogP contribution < -0.4 is 14.4 Å². The van der Waals surface area contributed by atoms with E-state index in [1.807, 2.05) is 45.9 Å². The molecule has 0 bridgehead atoms. The molecule has 4 rings (SSSR count). The summed E-state index contributed by atoms with van der Waals surface area (Å²) in [7, 11) is -4.05. The summed E-state index contributed by atoms with van der Waals surface area (Å²) in [5.74, 6) is 0.303. The number of halogens is 1. The smallest absolute Gasteiger partial charge is 0.264 e. The Morgan fingerprint density at radius 1 is 1.03 bits per heavy atom. The average molecular weight is 527 g/mol. The van der Waals surface area contributed by atoms with Crippen LogP contribution in [0.5, 0.6) is 5.75 Å². The number of amides is 1. The molecule has 0 fully saturated rings. The number of sulfonamides is 1. The Bertz CT molecular complexity index is 1400. The van der Waals surface area contributed by atoms with E-state index in [9.17, 15) is 13.2 Å². The van der Waals surface area contributed by atoms with E-state index >= 15 is 0 Å². The number of benzene rings is 3. The van der Waals surface area contributed by atoms with E-state index < -0.39 is 28.1 Å². The molecule has 0 saturated carbocycles. The van der Waals surface area contributed by atoms with Crippen molar-refractivity contribution >= 4 is 33.2 Å². The van der Waals surface area contributed by atoms with Crippen molar-refractivity contribution in [1.82, 2.24) is 5.32 Å². The van der Waals surface area contributed by atoms with Crippen molar-refractivity contribution in [3.63, 3.8) is 0 Å². The normalized spacial score (nSPS) is 16.6. The Labute approximate surface area is 218 Å². The molecular weight excluding hydrogens is 496 g/mol. The number of ether oxygens (including phenoxy) is 1. The van der Waals surface area contributed by atoms with Gasteiger partial charge in [-0.25, -0.2) is 8.42 Å². The molecule has 1 aliphatic rings. The third-order valence-corrected chi connectivity index (χ3v) is 8.30. The van der Waals surface area contributed by atoms with Gasteiger partial charge in [0.15, 0.2) is 0 Å². The van der Waals surface area contributed by atoms with Gasteiger partial charge in [-0.2, -0.15) is 0 Å². The van der Waals surface area contributed by atoms with E-state index in [0.717, 1.165) is 26.7 Å². The Balaban J connectivity index is 1.69. The fraction of sp³-hybridized carbons (Fsp3) is 0.321. The van der Waals surface area contributed by atoms with Gasteiger partial charge in [0.05, 0.1) is 16.6 Å². The van der Waals surface area contributed by atoms with Gasteiger partial charge < -0.3 is 10.1 Å². The summed E-state index contributed by atoms with van der Waals surface area (Å²) in [6, 6.07) is 17.1. The summed E-state index contributed by atoms with van der Waals surface area (Å²) >= 11 is 6.24. The molecular formula is C28H31ClN2O4S. The van der Waals surface area contributed by atoms with Crippen LogP contribution in [0.2, 0.25) is 5.02 Å². The Morgan fingerprint density at radius 3 is 2.39 bits per heavy atom. The first-order chi connectivity index (χ1) is 16.9. The van der Waals surface area contributed by atoms with Gasteiger partial charge >= 0.3 is 0 Å². The van der Waals surface area contributed by atoms with Gasteiger partial charge in [0.2, 0.25) is 5.91 Å². The summed E-state index contributed by atoms with van der Waals surface area (Å²) in [5.41, 5.74) is 3.44. The monoisotopic (exact) mass is 526 g/mol. The lowest BCUT2D eigenvalue weighted by molar-refractivity contribution is -0.120. The number of nitrogens with one attached hydrogen (secondary N) is 1. The Morgan fingerprint density at radius 2 is 1.69 bits per heavy atom. The lowest BCUT2D eigenvalue weighted by Gasteiger charge is -2.38. The third-order valence-electron chi connectivity index (χ3n) is 6.29. The van der Waals surface area contributed by atoms with Crippen molar-refractivity contribution in [3.8, 4) is 5.75 Å². The fourth-order valence-electron chi connectivity index (χ4n) is 4.46. The van der Waals surface area contributed by atoms with Gasteiger partial charge in [-0.3, -0.25) is 9.10 Å². The van der Waals surface area contributed by atoms with Crippen molar-refractivity contribution in [2.75, 3.05) is 10.8 Å². The minimum atomic E-state index is -4.05. The third kappa shape index (κ3) is 5.52. The maximum atomic E-state index is 13.8. The van der Waals surface area contributed by atoms with E-state index in [2.05, 4.69) is 5.32 Å². The number of fused-ring (bicyclic) bond motifs is 1. The molecule has 1 N–H and O–H groups in total. The number of carbonyl (C=O) groups is 1. The highest BCUT2D eigenvalue weighted by molar-refractivity contribution is 7.92. The first-order valence-electron chi connectivity index (χ1n) is 11.8. The number of rotatable bonds is 6. The molecule has 0 saturated heterocycles. The SMILES string of the molecule is Cc1ccc(S(=O)(=O)N(CC(=O)NC2CC(C)(C)Oc3ccc(C)cc32)c2cc(Cl)ccc2C)cc1. The summed E-state index contributed by atoms with van der Waals surface area (Å²) < 4.78 is 34.8. The second kappa shape index (κ2) is 9.79. The molecule has 190 valence electrons. The van der Waals surface area contributed by atoms with Gasteiger partial charge in [0.25, 0.3) is 10.0 Å². The van der Waals surface area contributed by atoms with Gasteiger partial charge in [0.1, 0.15) is 17.9 Å². The minimum absolute atomic E-state index is 0.105. The molecule has 1 atom stereocenters. The highest BCUT2D eigenvalue weighted by Crippen LogP contribution is 2.40. The summed E-state index contributed by atoms with van der Waals surface area (Å²) in [5, 5.41) is 3.45. The van der Waals surface area contributed by atoms with E-state index in [-0.39, 0.29) is 10.9 Å². The molecule has 1 aliphatic heterocycles. The van der Waals surface area contributed by atoms with Crippen LogP contribution in [0.15, 0.2) is 65.6 Å². The van der Waals surface area contributed by atoms with Crippen LogP contribution in [0, 0.1) is 20.8 Å². The number of hydrogen-bond acceptors (Lipinski definition) is 4. The molecule has 1 heterocycles. The number of nitrogens with zero attached hydrogens (tertiary/aromatic N) is 1. The Hall–Kier alpha value is -3.03. The maximum absolute atomic E-state index is 13.8. The predicted molar refractivity (Wildman–Crippen MR) is 143 cm³/mol. The molecule has 0 aliphatic carbocycles. The van der Waals surface area contributed by atoms with Crippen molar-refractivity contribution in [3.05, 3.63) is 87.9 Å². The van der Waals surface area contributed by atoms with Crippen LogP contribution in [-0.4, -0.2) is 26.5 Å². The van der Waals surface area contributed by atoms with Crippen molar-refractivity contribution in [2.24, 2.45) is 0 Å². The van der Waals surface area contributed by atoms with Crippen molar-refractivity contribution in [2.45, 2.75) is 57.6 Å². The molecule has 1 amide bonds. The van der Waals surface area contributed by atoms with E-state index in [4.69, 9.17) is 16.3 Å². The number of hydrogen-bond donors (Lipinski definition) is 1. The average Bonchev–Trinajstić information content (AvgIpc) is 2.79. The quantitative estimate of drug-likeness (QED) is 0.435. The molecule has 3 aromatic rings. The molecule has 6 nitrogen and oxygen atoms in total. The van der Waals surface area contributed by atoms with Gasteiger partial charge in [0, 0.05) is 17.0 Å². The van der Waals surface area contributed by atoms with Crippen LogP contribution in [0.4, 0.5) is 5.69 Å². The van der Waals surface area contributed by atoms with Gasteiger partial charge in [-0.05, 0) is 70.5 Å². The number of anilines is 1. The van der Waals surface area contributed by atoms with Gasteiger partial charge in [-0.1, -0.05) is 53.1 Å². The summed E-state index contributed by atoms with van der Waals surface area (Å²) in [4.78, 5) is 13.5. The summed E-state index contributed by atoms with van der Waals surface area (Å²) in [6.07, 6.45) is 0.552. The minimum Gasteiger partial charge on any atom is -0.487 e. The second-order valence-electron chi connectivity index (χ2n) is 9.98. The van der Waals surface area contributed by atoms with Crippen LogP contribution in [0.3, 0.4) is 0 Å². The molecule has 1 unspecified atom stereocenters. The van der Waals surface area contributed by atoms with Crippen LogP contribution >= 0.6 is 11.6 Å². The lowest BCUT2D eigenvalue weighted by Crippen LogP contribution is -2.45. The molecule has 0 aromatic heterocycles. The van der Waals surface area contributed by atoms with Crippen LogP contribution in [0.25, 0.3) is 0 Å². The molecule has 3 aromatic carbocycles.